The molecule has 6 heteroatoms. The molecule has 0 aromatic heterocycles. The second-order valence-electron chi connectivity index (χ2n) is 5.65. The van der Waals surface area contributed by atoms with Crippen LogP contribution < -0.4 is 0 Å². The molecular weight excluding hydrogens is 269 g/mol. The molecule has 0 aliphatic carbocycles. The molecule has 20 heavy (non-hydrogen) atoms. The maximum atomic E-state index is 12.4. The zero-order valence-corrected chi connectivity index (χ0v) is 11.8. The van der Waals surface area contributed by atoms with Crippen LogP contribution in [0.4, 0.5) is 13.2 Å². The van der Waals surface area contributed by atoms with Gasteiger partial charge in [0, 0.05) is 30.5 Å². The van der Waals surface area contributed by atoms with Crippen LogP contribution in [0, 0.1) is 0 Å². The number of allylic oxidation sites excluding steroid dienone is 4. The Morgan fingerprint density at radius 3 is 2.10 bits per heavy atom. The van der Waals surface area contributed by atoms with Gasteiger partial charge >= 0.3 is 6.18 Å². The second-order valence-corrected chi connectivity index (χ2v) is 5.65. The summed E-state index contributed by atoms with van der Waals surface area (Å²) in [6, 6.07) is 1.09. The van der Waals surface area contributed by atoms with E-state index in [1.807, 2.05) is 6.92 Å². The normalized spacial score (nSPS) is 27.4. The fourth-order valence-corrected chi connectivity index (χ4v) is 3.28. The van der Waals surface area contributed by atoms with Crippen LogP contribution in [0.5, 0.6) is 0 Å². The number of halogens is 3. The van der Waals surface area contributed by atoms with Crippen molar-refractivity contribution in [2.24, 2.45) is 0 Å². The average molecular weight is 290 g/mol. The molecule has 1 N–H and O–H groups in total. The fraction of sp³-hybridized carbons (Fsp3) is 0.714. The Balaban J connectivity index is 2.09. The monoisotopic (exact) mass is 290 g/mol. The van der Waals surface area contributed by atoms with Crippen LogP contribution in [0.25, 0.3) is 0 Å². The number of fused-ring (bicyclic) bond motifs is 2. The number of hydrogen-bond donors (Lipinski definition) is 1. The second kappa shape index (κ2) is 5.68. The van der Waals surface area contributed by atoms with Crippen molar-refractivity contribution in [1.29, 1.82) is 0 Å². The van der Waals surface area contributed by atoms with Crippen LogP contribution in [0.3, 0.4) is 0 Å². The first-order valence-electron chi connectivity index (χ1n) is 6.93. The molecule has 2 fully saturated rings. The van der Waals surface area contributed by atoms with Gasteiger partial charge in [0.25, 0.3) is 0 Å². The molecule has 2 bridgehead atoms. The average Bonchev–Trinajstić information content (AvgIpc) is 2.92. The largest absolute Gasteiger partial charge is 0.394 e. The van der Waals surface area contributed by atoms with Crippen molar-refractivity contribution >= 4 is 0 Å². The van der Waals surface area contributed by atoms with Crippen LogP contribution in [0.2, 0.25) is 0 Å². The number of hydrogen-bond acceptors (Lipinski definition) is 3. The highest BCUT2D eigenvalue weighted by atomic mass is 19.4. The third-order valence-electron chi connectivity index (χ3n) is 4.17. The third kappa shape index (κ3) is 3.48. The van der Waals surface area contributed by atoms with E-state index in [0.717, 1.165) is 5.70 Å². The topological polar surface area (TPSA) is 26.7 Å². The van der Waals surface area contributed by atoms with Crippen LogP contribution in [-0.2, 0) is 0 Å². The molecule has 3 nitrogen and oxygen atoms in total. The third-order valence-corrected chi connectivity index (χ3v) is 4.17. The van der Waals surface area contributed by atoms with Crippen molar-refractivity contribution in [2.75, 3.05) is 7.05 Å². The Morgan fingerprint density at radius 2 is 1.70 bits per heavy atom. The fourth-order valence-electron chi connectivity index (χ4n) is 3.28. The lowest BCUT2D eigenvalue weighted by atomic mass is 10.0. The SMILES string of the molecule is C/C(=C\C=C(/CC(F)(F)F)N(C)O)N1C2CCC1CC2. The van der Waals surface area contributed by atoms with Crippen molar-refractivity contribution in [2.45, 2.75) is 57.3 Å². The van der Waals surface area contributed by atoms with Crippen molar-refractivity contribution in [3.8, 4) is 0 Å². The predicted molar refractivity (Wildman–Crippen MR) is 69.9 cm³/mol. The number of rotatable bonds is 4. The maximum Gasteiger partial charge on any atom is 0.394 e. The van der Waals surface area contributed by atoms with Gasteiger partial charge in [-0.3, -0.25) is 10.3 Å². The highest BCUT2D eigenvalue weighted by Gasteiger charge is 2.39. The van der Waals surface area contributed by atoms with Crippen molar-refractivity contribution in [3.05, 3.63) is 23.5 Å². The van der Waals surface area contributed by atoms with Gasteiger partial charge in [-0.25, -0.2) is 0 Å². The van der Waals surface area contributed by atoms with Gasteiger partial charge in [0.05, 0.1) is 6.42 Å². The minimum absolute atomic E-state index is 0.150. The van der Waals surface area contributed by atoms with Gasteiger partial charge in [-0.05, 0) is 44.8 Å². The molecule has 2 saturated heterocycles. The Labute approximate surface area is 117 Å². The Kier molecular flexibility index (Phi) is 4.32. The zero-order valence-electron chi connectivity index (χ0n) is 11.8. The van der Waals surface area contributed by atoms with E-state index < -0.39 is 12.6 Å². The van der Waals surface area contributed by atoms with E-state index in [1.54, 1.807) is 6.08 Å². The molecule has 0 unspecified atom stereocenters. The standard InChI is InChI=1S/C14H21F3N2O/c1-10(19-11-5-6-12(19)8-7-11)3-4-13(18(2)20)9-14(15,16)17/h3-4,11-12,20H,5-9H2,1-2H3/b10-3+,13-4+. The highest BCUT2D eigenvalue weighted by Crippen LogP contribution is 2.40. The molecule has 0 radical (unpaired) electrons. The summed E-state index contributed by atoms with van der Waals surface area (Å²) >= 11 is 0. The van der Waals surface area contributed by atoms with Gasteiger partial charge in [-0.2, -0.15) is 13.2 Å². The molecule has 0 atom stereocenters. The first kappa shape index (κ1) is 15.2. The van der Waals surface area contributed by atoms with E-state index in [-0.39, 0.29) is 5.70 Å². The number of alkyl halides is 3. The molecule has 2 aliphatic heterocycles. The summed E-state index contributed by atoms with van der Waals surface area (Å²) in [5, 5.41) is 9.83. The summed E-state index contributed by atoms with van der Waals surface area (Å²) < 4.78 is 37.2. The number of nitrogens with zero attached hydrogens (tertiary/aromatic N) is 2. The lowest BCUT2D eigenvalue weighted by Crippen LogP contribution is -2.26. The summed E-state index contributed by atoms with van der Waals surface area (Å²) in [5.41, 5.74) is 0.833. The molecule has 114 valence electrons. The highest BCUT2D eigenvalue weighted by molar-refractivity contribution is 5.18. The Bertz CT molecular complexity index is 395. The van der Waals surface area contributed by atoms with Crippen LogP contribution in [-0.4, -0.2) is 40.5 Å². The molecule has 2 aliphatic rings. The van der Waals surface area contributed by atoms with Gasteiger partial charge < -0.3 is 4.90 Å². The van der Waals surface area contributed by atoms with Crippen LogP contribution >= 0.6 is 0 Å². The quantitative estimate of drug-likeness (QED) is 0.632. The lowest BCUT2D eigenvalue weighted by molar-refractivity contribution is -0.141. The van der Waals surface area contributed by atoms with E-state index in [4.69, 9.17) is 0 Å². The molecule has 0 amide bonds. The van der Waals surface area contributed by atoms with Crippen LogP contribution in [0.1, 0.15) is 39.0 Å². The van der Waals surface area contributed by atoms with E-state index >= 15 is 0 Å². The maximum absolute atomic E-state index is 12.4. The van der Waals surface area contributed by atoms with E-state index in [1.165, 1.54) is 38.8 Å². The zero-order chi connectivity index (χ0) is 14.9. The predicted octanol–water partition coefficient (Wildman–Crippen LogP) is 3.67. The minimum Gasteiger partial charge on any atom is -0.369 e. The van der Waals surface area contributed by atoms with Gasteiger partial charge in [0.1, 0.15) is 0 Å². The van der Waals surface area contributed by atoms with E-state index in [9.17, 15) is 18.4 Å². The van der Waals surface area contributed by atoms with Crippen LogP contribution in [0.15, 0.2) is 23.5 Å². The Hall–Kier alpha value is -1.17. The summed E-state index contributed by atoms with van der Waals surface area (Å²) in [5.74, 6) is 0. The van der Waals surface area contributed by atoms with E-state index in [0.29, 0.717) is 17.1 Å². The minimum atomic E-state index is -4.32. The first-order valence-corrected chi connectivity index (χ1v) is 6.93. The van der Waals surface area contributed by atoms with Crippen molar-refractivity contribution < 1.29 is 18.4 Å². The summed E-state index contributed by atoms with van der Waals surface area (Å²) in [4.78, 5) is 2.32. The first-order chi connectivity index (χ1) is 9.28. The molecule has 0 aromatic carbocycles. The number of hydroxylamine groups is 2. The van der Waals surface area contributed by atoms with E-state index in [2.05, 4.69) is 4.90 Å². The lowest BCUT2D eigenvalue weighted by Gasteiger charge is -2.25. The molecule has 2 rings (SSSR count). The van der Waals surface area contributed by atoms with Gasteiger partial charge in [0.2, 0.25) is 0 Å². The molecule has 0 spiro atoms. The smallest absolute Gasteiger partial charge is 0.369 e. The summed E-state index contributed by atoms with van der Waals surface area (Å²) in [6.07, 6.45) is 2.30. The Morgan fingerprint density at radius 1 is 1.20 bits per heavy atom. The molecule has 0 saturated carbocycles. The summed E-state index contributed by atoms with van der Waals surface area (Å²) in [7, 11) is 1.21. The van der Waals surface area contributed by atoms with Gasteiger partial charge in [-0.1, -0.05) is 0 Å². The van der Waals surface area contributed by atoms with Crippen molar-refractivity contribution in [1.82, 2.24) is 9.96 Å². The van der Waals surface area contributed by atoms with Crippen molar-refractivity contribution in [3.63, 3.8) is 0 Å². The molecule has 2 heterocycles. The van der Waals surface area contributed by atoms with Gasteiger partial charge in [-0.15, -0.1) is 0 Å². The summed E-state index contributed by atoms with van der Waals surface area (Å²) in [6.45, 7) is 1.93. The van der Waals surface area contributed by atoms with Gasteiger partial charge in [0.15, 0.2) is 0 Å². The molecular formula is C14H21F3N2O. The molecule has 0 aromatic rings.